The molecule has 0 fully saturated rings. The average molecular weight is 613 g/mol. The summed E-state index contributed by atoms with van der Waals surface area (Å²) in [5.74, 6) is -0.207. The third kappa shape index (κ3) is 11.6. The Labute approximate surface area is 259 Å². The zero-order valence-corrected chi connectivity index (χ0v) is 27.0. The Kier molecular flexibility index (Phi) is 14.2. The van der Waals surface area contributed by atoms with Gasteiger partial charge in [-0.3, -0.25) is 19.1 Å². The second-order valence-corrected chi connectivity index (χ2v) is 12.3. The Hall–Kier alpha value is -3.35. The van der Waals surface area contributed by atoms with Crippen LogP contribution in [0.5, 0.6) is 0 Å². The van der Waals surface area contributed by atoms with Gasteiger partial charge < -0.3 is 26.4 Å². The molecule has 3 aromatic rings. The van der Waals surface area contributed by atoms with Crippen LogP contribution >= 0.6 is 0 Å². The minimum absolute atomic E-state index is 0.152. The number of carbonyl (C=O) groups is 1. The molecule has 3 rings (SSSR count). The molecule has 0 unspecified atom stereocenters. The fourth-order valence-corrected chi connectivity index (χ4v) is 4.92. The molecule has 0 saturated heterocycles. The Morgan fingerprint density at radius 1 is 0.886 bits per heavy atom. The van der Waals surface area contributed by atoms with E-state index in [1.54, 1.807) is 0 Å². The van der Waals surface area contributed by atoms with Gasteiger partial charge in [-0.15, -0.1) is 0 Å². The second-order valence-electron chi connectivity index (χ2n) is 12.3. The average Bonchev–Trinajstić information content (AvgIpc) is 2.95. The second kappa shape index (κ2) is 17.8. The summed E-state index contributed by atoms with van der Waals surface area (Å²) in [7, 11) is 0. The summed E-state index contributed by atoms with van der Waals surface area (Å²) in [6.07, 6.45) is 7.60. The third-order valence-corrected chi connectivity index (χ3v) is 7.22. The van der Waals surface area contributed by atoms with Crippen molar-refractivity contribution in [2.75, 3.05) is 44.6 Å². The molecule has 0 aliphatic heterocycles. The number of aryl methyl sites for hydroxylation is 1. The van der Waals surface area contributed by atoms with Crippen molar-refractivity contribution in [2.24, 2.45) is 5.73 Å². The van der Waals surface area contributed by atoms with Gasteiger partial charge >= 0.3 is 11.7 Å². The van der Waals surface area contributed by atoms with Gasteiger partial charge in [0.15, 0.2) is 11.2 Å². The number of ether oxygens (including phenoxy) is 1. The highest BCUT2D eigenvalue weighted by atomic mass is 16.6. The maximum absolute atomic E-state index is 13.2. The van der Waals surface area contributed by atoms with Crippen LogP contribution in [0.1, 0.15) is 84.1 Å². The molecule has 6 N–H and O–H groups in total. The summed E-state index contributed by atoms with van der Waals surface area (Å²) in [4.78, 5) is 49.7. The molecule has 0 atom stereocenters. The Balaban J connectivity index is 1.49. The van der Waals surface area contributed by atoms with Gasteiger partial charge in [0.25, 0.3) is 5.56 Å². The molecule has 1 aromatic carbocycles. The number of anilines is 1. The van der Waals surface area contributed by atoms with Crippen molar-refractivity contribution < 1.29 is 9.53 Å². The van der Waals surface area contributed by atoms with Gasteiger partial charge in [0.05, 0.1) is 11.0 Å². The first-order chi connectivity index (χ1) is 21.1. The first-order valence-electron chi connectivity index (χ1n) is 16.1. The SMILES string of the molecule is Cc1cc2nc3c(=O)n(CCCCCCC(=O)OC(C)(C)C)c(=O)[nH]c3nc2cc1NCCCNCCCCNCCCN. The number of hydrogen-bond acceptors (Lipinski definition) is 10. The summed E-state index contributed by atoms with van der Waals surface area (Å²) >= 11 is 0. The number of H-pyrrole nitrogens is 1. The van der Waals surface area contributed by atoms with Gasteiger partial charge in [-0.1, -0.05) is 12.8 Å². The van der Waals surface area contributed by atoms with Crippen molar-refractivity contribution in [3.8, 4) is 0 Å². The molecule has 44 heavy (non-hydrogen) atoms. The number of aromatic amines is 1. The third-order valence-electron chi connectivity index (χ3n) is 7.22. The zero-order chi connectivity index (χ0) is 32.0. The van der Waals surface area contributed by atoms with Crippen LogP contribution in [0.2, 0.25) is 0 Å². The molecule has 0 radical (unpaired) electrons. The van der Waals surface area contributed by atoms with Gasteiger partial charge in [0, 0.05) is 25.2 Å². The van der Waals surface area contributed by atoms with Crippen LogP contribution in [0.25, 0.3) is 22.2 Å². The van der Waals surface area contributed by atoms with Gasteiger partial charge in [-0.05, 0) is 117 Å². The van der Waals surface area contributed by atoms with Crippen molar-refractivity contribution >= 4 is 33.9 Å². The minimum atomic E-state index is -0.495. The fourth-order valence-electron chi connectivity index (χ4n) is 4.92. The quantitative estimate of drug-likeness (QED) is 0.0725. The molecule has 0 saturated carbocycles. The molecule has 244 valence electrons. The lowest BCUT2D eigenvalue weighted by Crippen LogP contribution is -2.35. The topological polar surface area (TPSA) is 169 Å². The number of nitrogens with one attached hydrogen (secondary N) is 4. The van der Waals surface area contributed by atoms with E-state index in [1.807, 2.05) is 39.8 Å². The molecule has 0 amide bonds. The van der Waals surface area contributed by atoms with E-state index in [1.165, 1.54) is 4.57 Å². The highest BCUT2D eigenvalue weighted by Gasteiger charge is 2.16. The first kappa shape index (κ1) is 35.1. The lowest BCUT2D eigenvalue weighted by molar-refractivity contribution is -0.154. The van der Waals surface area contributed by atoms with E-state index in [-0.39, 0.29) is 23.7 Å². The number of hydrogen-bond donors (Lipinski definition) is 5. The van der Waals surface area contributed by atoms with Gasteiger partial charge in [-0.2, -0.15) is 0 Å². The predicted octanol–water partition coefficient (Wildman–Crippen LogP) is 3.34. The number of nitrogens with zero attached hydrogens (tertiary/aromatic N) is 3. The molecule has 0 spiro atoms. The van der Waals surface area contributed by atoms with Crippen LogP contribution in [-0.2, 0) is 16.1 Å². The molecular weight excluding hydrogens is 560 g/mol. The Morgan fingerprint density at radius 2 is 1.55 bits per heavy atom. The maximum Gasteiger partial charge on any atom is 0.330 e. The van der Waals surface area contributed by atoms with Crippen LogP contribution in [-0.4, -0.2) is 70.4 Å². The molecule has 12 nitrogen and oxygen atoms in total. The first-order valence-corrected chi connectivity index (χ1v) is 16.1. The summed E-state index contributed by atoms with van der Waals surface area (Å²) in [5.41, 5.74) is 7.61. The van der Waals surface area contributed by atoms with E-state index in [4.69, 9.17) is 10.5 Å². The highest BCUT2D eigenvalue weighted by molar-refractivity contribution is 5.87. The molecule has 0 aliphatic carbocycles. The van der Waals surface area contributed by atoms with Crippen LogP contribution in [0.4, 0.5) is 5.69 Å². The van der Waals surface area contributed by atoms with Crippen molar-refractivity contribution in [2.45, 2.75) is 97.6 Å². The summed E-state index contributed by atoms with van der Waals surface area (Å²) in [6.45, 7) is 13.3. The summed E-state index contributed by atoms with van der Waals surface area (Å²) in [6, 6.07) is 3.84. The smallest absolute Gasteiger partial charge is 0.330 e. The lowest BCUT2D eigenvalue weighted by atomic mass is 10.1. The number of rotatable bonds is 20. The lowest BCUT2D eigenvalue weighted by Gasteiger charge is -2.19. The van der Waals surface area contributed by atoms with Crippen LogP contribution < -0.4 is 32.9 Å². The van der Waals surface area contributed by atoms with E-state index in [0.29, 0.717) is 30.3 Å². The molecule has 12 heteroatoms. The number of aromatic nitrogens is 4. The van der Waals surface area contributed by atoms with Crippen LogP contribution in [0.15, 0.2) is 21.7 Å². The summed E-state index contributed by atoms with van der Waals surface area (Å²) < 4.78 is 6.52. The number of esters is 1. The molecular formula is C32H52N8O4. The molecule has 0 bridgehead atoms. The Bertz CT molecular complexity index is 1460. The number of unbranched alkanes of at least 4 members (excludes halogenated alkanes) is 4. The monoisotopic (exact) mass is 612 g/mol. The van der Waals surface area contributed by atoms with E-state index in [0.717, 1.165) is 89.0 Å². The fraction of sp³-hybridized carbons (Fsp3) is 0.656. The number of carbonyl (C=O) groups excluding carboxylic acids is 1. The van der Waals surface area contributed by atoms with Crippen LogP contribution in [0, 0.1) is 6.92 Å². The van der Waals surface area contributed by atoms with Gasteiger partial charge in [-0.25, -0.2) is 14.8 Å². The maximum atomic E-state index is 13.2. The van der Waals surface area contributed by atoms with E-state index in [2.05, 4.69) is 30.9 Å². The Morgan fingerprint density at radius 3 is 2.25 bits per heavy atom. The van der Waals surface area contributed by atoms with E-state index in [9.17, 15) is 14.4 Å². The zero-order valence-electron chi connectivity index (χ0n) is 27.0. The molecule has 2 aromatic heterocycles. The predicted molar refractivity (Wildman–Crippen MR) is 177 cm³/mol. The summed E-state index contributed by atoms with van der Waals surface area (Å²) in [5, 5.41) is 10.4. The highest BCUT2D eigenvalue weighted by Crippen LogP contribution is 2.22. The minimum Gasteiger partial charge on any atom is -0.460 e. The van der Waals surface area contributed by atoms with Crippen molar-refractivity contribution in [3.05, 3.63) is 38.5 Å². The van der Waals surface area contributed by atoms with Crippen molar-refractivity contribution in [3.63, 3.8) is 0 Å². The van der Waals surface area contributed by atoms with Crippen molar-refractivity contribution in [1.29, 1.82) is 0 Å². The molecule has 0 aliphatic rings. The normalized spacial score (nSPS) is 11.8. The number of fused-ring (bicyclic) bond motifs is 2. The van der Waals surface area contributed by atoms with Crippen molar-refractivity contribution in [1.82, 2.24) is 30.2 Å². The van der Waals surface area contributed by atoms with Gasteiger partial charge in [0.2, 0.25) is 0 Å². The molecule has 2 heterocycles. The van der Waals surface area contributed by atoms with Gasteiger partial charge in [0.1, 0.15) is 5.60 Å². The van der Waals surface area contributed by atoms with E-state index < -0.39 is 16.9 Å². The van der Waals surface area contributed by atoms with Crippen LogP contribution in [0.3, 0.4) is 0 Å². The number of benzene rings is 1. The standard InChI is InChI=1S/C32H52N8O4/c1-23-21-25-26(22-24(23)36-19-12-18-35-16-9-8-15-34-17-11-14-33)38-29-28(37-25)30(42)40(31(43)39-29)20-10-6-5-7-13-27(41)44-32(2,3)4/h21-22,34-36H,5-20,33H2,1-4H3,(H,38,39,43). The van der Waals surface area contributed by atoms with E-state index >= 15 is 0 Å². The largest absolute Gasteiger partial charge is 0.460 e. The number of nitrogens with two attached hydrogens (primary N) is 1.